The number of carbonyl (C=O) groups excluding carboxylic acids is 1. The number of aliphatic hydroxyl groups is 3. The van der Waals surface area contributed by atoms with Crippen molar-refractivity contribution >= 4 is 17.5 Å². The first-order valence-electron chi connectivity index (χ1n) is 8.81. The van der Waals surface area contributed by atoms with Crippen LogP contribution in [-0.4, -0.2) is 96.8 Å². The van der Waals surface area contributed by atoms with Crippen molar-refractivity contribution in [1.82, 2.24) is 5.32 Å². The molecule has 2 rings (SSSR count). The van der Waals surface area contributed by atoms with Crippen LogP contribution in [0.1, 0.15) is 13.8 Å². The largest absolute Gasteiger partial charge is 0.390 e. The number of alkyl halides is 1. The summed E-state index contributed by atoms with van der Waals surface area (Å²) in [7, 11) is 2.63. The van der Waals surface area contributed by atoms with Crippen LogP contribution in [0.4, 0.5) is 0 Å². The van der Waals surface area contributed by atoms with Gasteiger partial charge in [0.1, 0.15) is 30.5 Å². The molecule has 0 radical (unpaired) electrons. The van der Waals surface area contributed by atoms with E-state index in [0.717, 1.165) is 0 Å². The summed E-state index contributed by atoms with van der Waals surface area (Å²) in [4.78, 5) is 21.2. The molecule has 2 aliphatic rings. The summed E-state index contributed by atoms with van der Waals surface area (Å²) in [5.41, 5.74) is 0. The second kappa shape index (κ2) is 10.4. The van der Waals surface area contributed by atoms with E-state index in [-0.39, 0.29) is 5.88 Å². The lowest BCUT2D eigenvalue weighted by atomic mass is 9.94. The number of methoxy groups -OCH3 is 1. The Morgan fingerprint density at radius 3 is 2.29 bits per heavy atom. The van der Waals surface area contributed by atoms with Gasteiger partial charge in [0.05, 0.1) is 19.1 Å². The molecule has 0 bridgehead atoms. The Morgan fingerprint density at radius 1 is 1.07 bits per heavy atom. The molecule has 12 heteroatoms. The molecule has 0 aromatic rings. The lowest BCUT2D eigenvalue weighted by molar-refractivity contribution is -0.436. The molecule has 164 valence electrons. The number of carbonyl (C=O) groups is 1. The quantitative estimate of drug-likeness (QED) is 0.213. The van der Waals surface area contributed by atoms with Gasteiger partial charge in [0.25, 0.3) is 0 Å². The molecule has 0 aromatic heterocycles. The zero-order valence-corrected chi connectivity index (χ0v) is 16.8. The highest BCUT2D eigenvalue weighted by atomic mass is 35.5. The van der Waals surface area contributed by atoms with Gasteiger partial charge in [0, 0.05) is 20.0 Å². The second-order valence-corrected chi connectivity index (χ2v) is 7.04. The topological polar surface area (TPSA) is 145 Å². The minimum atomic E-state index is -1.45. The van der Waals surface area contributed by atoms with Gasteiger partial charge in [0.2, 0.25) is 5.91 Å². The van der Waals surface area contributed by atoms with E-state index in [2.05, 4.69) is 10.2 Å². The number of ether oxygens (including phenoxy) is 4. The molecule has 28 heavy (non-hydrogen) atoms. The summed E-state index contributed by atoms with van der Waals surface area (Å²) in [5.74, 6) is -1.11. The smallest absolute Gasteiger partial charge is 0.217 e. The van der Waals surface area contributed by atoms with Crippen molar-refractivity contribution in [2.24, 2.45) is 5.92 Å². The van der Waals surface area contributed by atoms with Crippen molar-refractivity contribution in [2.75, 3.05) is 20.1 Å². The number of nitrogens with one attached hydrogen (secondary N) is 1. The zero-order chi connectivity index (χ0) is 21.0. The summed E-state index contributed by atoms with van der Waals surface area (Å²) < 4.78 is 22.1. The molecule has 2 aliphatic heterocycles. The number of hydrogen-bond acceptors (Lipinski definition) is 10. The Labute approximate surface area is 167 Å². The molecule has 0 aromatic carbocycles. The maximum atomic E-state index is 11.6. The van der Waals surface area contributed by atoms with Gasteiger partial charge in [-0.1, -0.05) is 6.92 Å². The van der Waals surface area contributed by atoms with Crippen LogP contribution in [0.2, 0.25) is 0 Å². The van der Waals surface area contributed by atoms with Crippen molar-refractivity contribution in [3.05, 3.63) is 0 Å². The van der Waals surface area contributed by atoms with Crippen LogP contribution in [-0.2, 0) is 33.5 Å². The summed E-state index contributed by atoms with van der Waals surface area (Å²) >= 11 is 5.85. The fraction of sp³-hybridized carbons (Fsp3) is 0.938. The number of amides is 1. The minimum absolute atomic E-state index is 0.0726. The van der Waals surface area contributed by atoms with Crippen molar-refractivity contribution in [3.8, 4) is 0 Å². The maximum absolute atomic E-state index is 11.6. The Hall–Kier alpha value is -0.600. The van der Waals surface area contributed by atoms with E-state index in [1.54, 1.807) is 6.92 Å². The number of aliphatic hydroxyl groups excluding tert-OH is 3. The van der Waals surface area contributed by atoms with E-state index in [0.29, 0.717) is 0 Å². The summed E-state index contributed by atoms with van der Waals surface area (Å²) in [5, 5.41) is 33.9. The molecule has 2 fully saturated rings. The van der Waals surface area contributed by atoms with Crippen molar-refractivity contribution in [3.63, 3.8) is 0 Å². The Balaban J connectivity index is 2.25. The predicted octanol–water partition coefficient (Wildman–Crippen LogP) is -1.53. The van der Waals surface area contributed by atoms with Crippen LogP contribution in [0.25, 0.3) is 0 Å². The van der Waals surface area contributed by atoms with Gasteiger partial charge in [-0.2, -0.15) is 0 Å². The van der Waals surface area contributed by atoms with Gasteiger partial charge in [0.15, 0.2) is 18.9 Å². The molecule has 2 saturated heterocycles. The fourth-order valence-electron chi connectivity index (χ4n) is 3.24. The number of hydrogen-bond donors (Lipinski definition) is 4. The van der Waals surface area contributed by atoms with E-state index in [1.807, 2.05) is 0 Å². The number of rotatable bonds is 7. The molecular formula is C16H28ClNO10. The Bertz CT molecular complexity index is 514. The Morgan fingerprint density at radius 2 is 1.75 bits per heavy atom. The van der Waals surface area contributed by atoms with Crippen LogP contribution in [0.5, 0.6) is 0 Å². The van der Waals surface area contributed by atoms with Crippen LogP contribution in [0, 0.1) is 5.92 Å². The third kappa shape index (κ3) is 5.11. The summed E-state index contributed by atoms with van der Waals surface area (Å²) in [6.45, 7) is 2.88. The van der Waals surface area contributed by atoms with Gasteiger partial charge in [-0.3, -0.25) is 4.79 Å². The third-order valence-electron chi connectivity index (χ3n) is 4.78. The predicted molar refractivity (Wildman–Crippen MR) is 92.8 cm³/mol. The molecule has 11 nitrogen and oxygen atoms in total. The van der Waals surface area contributed by atoms with Gasteiger partial charge < -0.3 is 39.6 Å². The second-order valence-electron chi connectivity index (χ2n) is 6.73. The fourth-order valence-corrected chi connectivity index (χ4v) is 3.49. The summed E-state index contributed by atoms with van der Waals surface area (Å²) in [6.07, 6.45) is -9.38. The van der Waals surface area contributed by atoms with E-state index < -0.39 is 67.3 Å². The molecule has 0 spiro atoms. The van der Waals surface area contributed by atoms with Crippen LogP contribution >= 0.6 is 11.6 Å². The van der Waals surface area contributed by atoms with Crippen molar-refractivity contribution in [1.29, 1.82) is 0 Å². The van der Waals surface area contributed by atoms with E-state index in [4.69, 9.17) is 35.4 Å². The maximum Gasteiger partial charge on any atom is 0.217 e. The highest BCUT2D eigenvalue weighted by Gasteiger charge is 2.51. The molecule has 10 unspecified atom stereocenters. The first-order valence-corrected chi connectivity index (χ1v) is 9.34. The number of halogens is 1. The van der Waals surface area contributed by atoms with Crippen LogP contribution in [0.15, 0.2) is 0 Å². The lowest BCUT2D eigenvalue weighted by Crippen LogP contribution is -2.67. The summed E-state index contributed by atoms with van der Waals surface area (Å²) in [6, 6.07) is -0.939. The highest BCUT2D eigenvalue weighted by molar-refractivity contribution is 6.18. The highest BCUT2D eigenvalue weighted by Crippen LogP contribution is 2.32. The lowest BCUT2D eigenvalue weighted by Gasteiger charge is -2.47. The Kier molecular flexibility index (Phi) is 8.82. The van der Waals surface area contributed by atoms with Gasteiger partial charge in [-0.05, 0) is 0 Å². The molecule has 0 aliphatic carbocycles. The van der Waals surface area contributed by atoms with Crippen molar-refractivity contribution in [2.45, 2.75) is 69.3 Å². The standard InChI is InChI=1S/C16H28ClNO10/c1-6-10(20)12(22)16(27-14(6)28-24-4)26-13-9(18-7(2)19)15(23-3)25-8(5-17)11(13)21/h6,8-16,20-22H,5H2,1-4H3,(H,18,19). The van der Waals surface area contributed by atoms with Crippen LogP contribution in [0.3, 0.4) is 0 Å². The normalized spacial score (nSPS) is 44.3. The minimum Gasteiger partial charge on any atom is -0.390 e. The molecule has 10 atom stereocenters. The van der Waals surface area contributed by atoms with Gasteiger partial charge in [-0.25, -0.2) is 9.78 Å². The molecule has 0 saturated carbocycles. The molecule has 1 amide bonds. The van der Waals surface area contributed by atoms with Gasteiger partial charge in [-0.15, -0.1) is 11.6 Å². The van der Waals surface area contributed by atoms with E-state index in [1.165, 1.54) is 21.1 Å². The monoisotopic (exact) mass is 429 g/mol. The van der Waals surface area contributed by atoms with Crippen molar-refractivity contribution < 1.29 is 48.8 Å². The first-order chi connectivity index (χ1) is 13.2. The van der Waals surface area contributed by atoms with E-state index >= 15 is 0 Å². The molecule has 4 N–H and O–H groups in total. The average molecular weight is 430 g/mol. The SMILES string of the molecule is COOC1OC(OC2C(O)C(CCl)OC(OC)C2NC(C)=O)C(O)C(O)C1C. The van der Waals surface area contributed by atoms with Gasteiger partial charge >= 0.3 is 0 Å². The first kappa shape index (κ1) is 23.7. The molecule has 2 heterocycles. The average Bonchev–Trinajstić information content (AvgIpc) is 2.66. The van der Waals surface area contributed by atoms with E-state index in [9.17, 15) is 20.1 Å². The molecular weight excluding hydrogens is 402 g/mol. The zero-order valence-electron chi connectivity index (χ0n) is 16.1. The van der Waals surface area contributed by atoms with Crippen LogP contribution < -0.4 is 5.32 Å². The third-order valence-corrected chi connectivity index (χ3v) is 5.08.